The van der Waals surface area contributed by atoms with E-state index in [4.69, 9.17) is 23.2 Å². The lowest BCUT2D eigenvalue weighted by Crippen LogP contribution is -2.30. The van der Waals surface area contributed by atoms with Gasteiger partial charge in [0.15, 0.2) is 0 Å². The van der Waals surface area contributed by atoms with Crippen LogP contribution in [-0.2, 0) is 0 Å². The Bertz CT molecular complexity index is 644. The molecule has 0 aliphatic rings. The van der Waals surface area contributed by atoms with Crippen molar-refractivity contribution in [2.24, 2.45) is 0 Å². The summed E-state index contributed by atoms with van der Waals surface area (Å²) in [5, 5.41) is 6.77. The van der Waals surface area contributed by atoms with Gasteiger partial charge in [0.1, 0.15) is 0 Å². The molecule has 5 nitrogen and oxygen atoms in total. The number of hydrogen-bond acceptors (Lipinski definition) is 4. The summed E-state index contributed by atoms with van der Waals surface area (Å²) in [6, 6.07) is 5.10. The number of rotatable bonds is 4. The average Bonchev–Trinajstić information content (AvgIpc) is 2.43. The van der Waals surface area contributed by atoms with E-state index in [-0.39, 0.29) is 11.9 Å². The fourth-order valence-electron chi connectivity index (χ4n) is 1.57. The summed E-state index contributed by atoms with van der Waals surface area (Å²) in [5.41, 5.74) is 0.995. The van der Waals surface area contributed by atoms with Crippen LogP contribution in [0.5, 0.6) is 0 Å². The number of aromatic nitrogens is 2. The van der Waals surface area contributed by atoms with Gasteiger partial charge in [0.25, 0.3) is 5.91 Å². The predicted molar refractivity (Wildman–Crippen MR) is 84.4 cm³/mol. The van der Waals surface area contributed by atoms with Gasteiger partial charge in [-0.25, -0.2) is 9.97 Å². The predicted octanol–water partition coefficient (Wildman–Crippen LogP) is 3.67. The number of anilines is 2. The third-order valence-electron chi connectivity index (χ3n) is 2.51. The lowest BCUT2D eigenvalue weighted by Gasteiger charge is -2.09. The minimum Gasteiger partial charge on any atom is -0.350 e. The van der Waals surface area contributed by atoms with Crippen LogP contribution in [0.4, 0.5) is 11.6 Å². The highest BCUT2D eigenvalue weighted by Gasteiger charge is 2.09. The molecule has 21 heavy (non-hydrogen) atoms. The van der Waals surface area contributed by atoms with Gasteiger partial charge in [0.05, 0.1) is 16.3 Å². The Hall–Kier alpha value is -1.85. The zero-order valence-electron chi connectivity index (χ0n) is 11.5. The summed E-state index contributed by atoms with van der Waals surface area (Å²) in [6.45, 7) is 3.77. The summed E-state index contributed by atoms with van der Waals surface area (Å²) >= 11 is 12.0. The number of carbonyl (C=O) groups excluding carboxylic acids is 1. The lowest BCUT2D eigenvalue weighted by molar-refractivity contribution is 0.0942. The summed E-state index contributed by atoms with van der Waals surface area (Å²) in [7, 11) is 0. The Morgan fingerprint density at radius 1 is 1.19 bits per heavy atom. The van der Waals surface area contributed by atoms with Gasteiger partial charge in [-0.1, -0.05) is 23.2 Å². The van der Waals surface area contributed by atoms with Crippen molar-refractivity contribution in [3.63, 3.8) is 0 Å². The van der Waals surface area contributed by atoms with Crippen LogP contribution in [-0.4, -0.2) is 21.9 Å². The van der Waals surface area contributed by atoms with Crippen molar-refractivity contribution in [2.75, 3.05) is 5.32 Å². The first-order valence-electron chi connectivity index (χ1n) is 6.30. The first-order chi connectivity index (χ1) is 9.95. The van der Waals surface area contributed by atoms with E-state index in [2.05, 4.69) is 20.6 Å². The van der Waals surface area contributed by atoms with Gasteiger partial charge >= 0.3 is 0 Å². The molecule has 0 spiro atoms. The second-order valence-electron chi connectivity index (χ2n) is 4.67. The van der Waals surface area contributed by atoms with E-state index in [0.29, 0.717) is 27.2 Å². The fourth-order valence-corrected chi connectivity index (χ4v) is 1.91. The van der Waals surface area contributed by atoms with Crippen LogP contribution in [0.3, 0.4) is 0 Å². The standard InChI is InChI=1S/C14H14Cl2N4O/c1-8(2)19-13(21)9-6-17-14(18-7-9)20-12-5-10(15)3-4-11(12)16/h3-8H,1-2H3,(H,19,21)(H,17,18,20). The van der Waals surface area contributed by atoms with Gasteiger partial charge in [0.2, 0.25) is 5.95 Å². The van der Waals surface area contributed by atoms with Crippen molar-refractivity contribution in [3.05, 3.63) is 46.2 Å². The van der Waals surface area contributed by atoms with E-state index < -0.39 is 0 Å². The van der Waals surface area contributed by atoms with Crippen LogP contribution < -0.4 is 10.6 Å². The van der Waals surface area contributed by atoms with Crippen molar-refractivity contribution >= 4 is 40.7 Å². The zero-order chi connectivity index (χ0) is 15.4. The molecule has 0 fully saturated rings. The number of hydrogen-bond donors (Lipinski definition) is 2. The first-order valence-corrected chi connectivity index (χ1v) is 7.06. The van der Waals surface area contributed by atoms with Gasteiger partial charge in [-0.05, 0) is 32.0 Å². The van der Waals surface area contributed by atoms with Crippen LogP contribution in [0.15, 0.2) is 30.6 Å². The minimum absolute atomic E-state index is 0.0561. The van der Waals surface area contributed by atoms with Crippen molar-refractivity contribution in [3.8, 4) is 0 Å². The van der Waals surface area contributed by atoms with E-state index in [1.54, 1.807) is 18.2 Å². The Balaban J connectivity index is 2.12. The third-order valence-corrected chi connectivity index (χ3v) is 3.07. The molecule has 2 rings (SSSR count). The molecule has 2 N–H and O–H groups in total. The van der Waals surface area contributed by atoms with E-state index in [1.807, 2.05) is 13.8 Å². The van der Waals surface area contributed by atoms with Gasteiger partial charge in [-0.2, -0.15) is 0 Å². The Morgan fingerprint density at radius 2 is 1.86 bits per heavy atom. The highest BCUT2D eigenvalue weighted by Crippen LogP contribution is 2.27. The van der Waals surface area contributed by atoms with Crippen molar-refractivity contribution in [1.29, 1.82) is 0 Å². The molecule has 0 bridgehead atoms. The number of carbonyl (C=O) groups is 1. The molecule has 1 amide bonds. The number of nitrogens with zero attached hydrogens (tertiary/aromatic N) is 2. The largest absolute Gasteiger partial charge is 0.350 e. The highest BCUT2D eigenvalue weighted by atomic mass is 35.5. The maximum atomic E-state index is 11.8. The summed E-state index contributed by atoms with van der Waals surface area (Å²) in [6.07, 6.45) is 2.90. The molecule has 7 heteroatoms. The molecule has 0 atom stereocenters. The smallest absolute Gasteiger partial charge is 0.254 e. The SMILES string of the molecule is CC(C)NC(=O)c1cnc(Nc2cc(Cl)ccc2Cl)nc1. The molecule has 0 aliphatic carbocycles. The van der Waals surface area contributed by atoms with E-state index in [1.165, 1.54) is 12.4 Å². The zero-order valence-corrected chi connectivity index (χ0v) is 13.0. The highest BCUT2D eigenvalue weighted by molar-refractivity contribution is 6.35. The summed E-state index contributed by atoms with van der Waals surface area (Å²) in [5.74, 6) is 0.123. The topological polar surface area (TPSA) is 66.9 Å². The first kappa shape index (κ1) is 15.5. The van der Waals surface area contributed by atoms with E-state index in [0.717, 1.165) is 0 Å². The quantitative estimate of drug-likeness (QED) is 0.900. The molecule has 1 aromatic carbocycles. The Labute approximate surface area is 132 Å². The molecule has 2 aromatic rings. The molecule has 0 radical (unpaired) electrons. The second kappa shape index (κ2) is 6.74. The van der Waals surface area contributed by atoms with E-state index in [9.17, 15) is 4.79 Å². The molecule has 110 valence electrons. The van der Waals surface area contributed by atoms with Gasteiger partial charge in [-0.15, -0.1) is 0 Å². The molecule has 0 unspecified atom stereocenters. The number of halogens is 2. The molecular weight excluding hydrogens is 311 g/mol. The van der Waals surface area contributed by atoms with Crippen molar-refractivity contribution in [1.82, 2.24) is 15.3 Å². The van der Waals surface area contributed by atoms with Crippen molar-refractivity contribution < 1.29 is 4.79 Å². The number of amides is 1. The number of benzene rings is 1. The van der Waals surface area contributed by atoms with Gasteiger partial charge in [0, 0.05) is 23.5 Å². The van der Waals surface area contributed by atoms with Crippen LogP contribution in [0, 0.1) is 0 Å². The van der Waals surface area contributed by atoms with Crippen LogP contribution >= 0.6 is 23.2 Å². The summed E-state index contributed by atoms with van der Waals surface area (Å²) in [4.78, 5) is 20.0. The molecule has 0 aliphatic heterocycles. The molecular formula is C14H14Cl2N4O. The molecule has 1 aromatic heterocycles. The average molecular weight is 325 g/mol. The third kappa shape index (κ3) is 4.31. The minimum atomic E-state index is -0.211. The normalized spacial score (nSPS) is 10.5. The molecule has 1 heterocycles. The van der Waals surface area contributed by atoms with Crippen LogP contribution in [0.2, 0.25) is 10.0 Å². The van der Waals surface area contributed by atoms with E-state index >= 15 is 0 Å². The fraction of sp³-hybridized carbons (Fsp3) is 0.214. The van der Waals surface area contributed by atoms with Crippen LogP contribution in [0.1, 0.15) is 24.2 Å². The Morgan fingerprint density at radius 3 is 2.48 bits per heavy atom. The monoisotopic (exact) mass is 324 g/mol. The van der Waals surface area contributed by atoms with Crippen LogP contribution in [0.25, 0.3) is 0 Å². The lowest BCUT2D eigenvalue weighted by atomic mass is 10.3. The second-order valence-corrected chi connectivity index (χ2v) is 5.52. The maximum absolute atomic E-state index is 11.8. The molecule has 0 saturated heterocycles. The Kier molecular flexibility index (Phi) is 4.98. The summed E-state index contributed by atoms with van der Waals surface area (Å²) < 4.78 is 0. The van der Waals surface area contributed by atoms with Crippen molar-refractivity contribution in [2.45, 2.75) is 19.9 Å². The maximum Gasteiger partial charge on any atom is 0.254 e. The van der Waals surface area contributed by atoms with Gasteiger partial charge in [-0.3, -0.25) is 4.79 Å². The van der Waals surface area contributed by atoms with Gasteiger partial charge < -0.3 is 10.6 Å². The molecule has 0 saturated carbocycles. The number of nitrogens with one attached hydrogen (secondary N) is 2.